The summed E-state index contributed by atoms with van der Waals surface area (Å²) in [6, 6.07) is 6.09. The minimum Gasteiger partial charge on any atom is -0.393 e. The topological polar surface area (TPSA) is 91.2 Å². The standard InChI is InChI=1S/C23H25N5O2/c29-20-3-5-28(6-4-20)14-15-7-18(11-24-10-15)19-8-17-9-22(26-13-21(17)25-12-19)27-23(30)16-1-2-16/h7-13,16,20,29H,1-6,14H2,(H,26,27,30). The van der Waals surface area contributed by atoms with E-state index < -0.39 is 0 Å². The Hall–Kier alpha value is -2.90. The summed E-state index contributed by atoms with van der Waals surface area (Å²) in [4.78, 5) is 27.7. The number of amides is 1. The molecule has 1 aliphatic carbocycles. The first kappa shape index (κ1) is 19.1. The van der Waals surface area contributed by atoms with Gasteiger partial charge in [-0.15, -0.1) is 0 Å². The molecule has 1 aliphatic heterocycles. The van der Waals surface area contributed by atoms with E-state index in [0.717, 1.165) is 72.9 Å². The molecular formula is C23H25N5O2. The number of pyridine rings is 3. The second-order valence-corrected chi connectivity index (χ2v) is 8.34. The van der Waals surface area contributed by atoms with E-state index in [1.165, 1.54) is 0 Å². The first-order valence-electron chi connectivity index (χ1n) is 10.6. The summed E-state index contributed by atoms with van der Waals surface area (Å²) in [5, 5.41) is 13.5. The van der Waals surface area contributed by atoms with Crippen molar-refractivity contribution in [2.24, 2.45) is 5.92 Å². The first-order chi connectivity index (χ1) is 14.6. The van der Waals surface area contributed by atoms with Gasteiger partial charge in [-0.3, -0.25) is 19.7 Å². The number of fused-ring (bicyclic) bond motifs is 1. The number of carbonyl (C=O) groups is 1. The molecule has 1 amide bonds. The van der Waals surface area contributed by atoms with E-state index in [1.807, 2.05) is 24.7 Å². The van der Waals surface area contributed by atoms with Crippen LogP contribution in [0.1, 0.15) is 31.2 Å². The van der Waals surface area contributed by atoms with Gasteiger partial charge in [-0.25, -0.2) is 4.98 Å². The summed E-state index contributed by atoms with van der Waals surface area (Å²) in [5.74, 6) is 0.759. The van der Waals surface area contributed by atoms with E-state index in [4.69, 9.17) is 0 Å². The highest BCUT2D eigenvalue weighted by Crippen LogP contribution is 2.30. The normalized spacial score (nSPS) is 17.9. The van der Waals surface area contributed by atoms with Crippen LogP contribution in [0.3, 0.4) is 0 Å². The number of likely N-dealkylation sites (tertiary alicyclic amines) is 1. The molecule has 0 radical (unpaired) electrons. The van der Waals surface area contributed by atoms with Crippen molar-refractivity contribution < 1.29 is 9.90 Å². The van der Waals surface area contributed by atoms with E-state index >= 15 is 0 Å². The van der Waals surface area contributed by atoms with Crippen LogP contribution in [0, 0.1) is 5.92 Å². The van der Waals surface area contributed by atoms with Gasteiger partial charge in [-0.2, -0.15) is 0 Å². The summed E-state index contributed by atoms with van der Waals surface area (Å²) in [7, 11) is 0. The summed E-state index contributed by atoms with van der Waals surface area (Å²) < 4.78 is 0. The number of aromatic nitrogens is 3. The number of rotatable bonds is 5. The van der Waals surface area contributed by atoms with Gasteiger partial charge in [0, 0.05) is 60.7 Å². The average molecular weight is 403 g/mol. The van der Waals surface area contributed by atoms with Crippen molar-refractivity contribution in [2.75, 3.05) is 18.4 Å². The molecule has 7 nitrogen and oxygen atoms in total. The van der Waals surface area contributed by atoms with Crippen molar-refractivity contribution in [3.05, 3.63) is 48.5 Å². The summed E-state index contributed by atoms with van der Waals surface area (Å²) in [6.07, 6.45) is 10.7. The minimum atomic E-state index is -0.164. The Labute approximate surface area is 175 Å². The number of piperidine rings is 1. The molecule has 7 heteroatoms. The van der Waals surface area contributed by atoms with Crippen LogP contribution in [0.15, 0.2) is 43.0 Å². The number of hydrogen-bond acceptors (Lipinski definition) is 6. The van der Waals surface area contributed by atoms with Crippen molar-refractivity contribution in [1.82, 2.24) is 19.9 Å². The Kier molecular flexibility index (Phi) is 5.14. The van der Waals surface area contributed by atoms with E-state index in [2.05, 4.69) is 37.3 Å². The van der Waals surface area contributed by atoms with Gasteiger partial charge >= 0.3 is 0 Å². The maximum atomic E-state index is 12.0. The number of nitrogens with one attached hydrogen (secondary N) is 1. The Morgan fingerprint density at radius 2 is 1.80 bits per heavy atom. The highest BCUT2D eigenvalue weighted by molar-refractivity contribution is 5.95. The van der Waals surface area contributed by atoms with Gasteiger partial charge in [-0.05, 0) is 49.4 Å². The van der Waals surface area contributed by atoms with Gasteiger partial charge < -0.3 is 10.4 Å². The zero-order chi connectivity index (χ0) is 20.5. The van der Waals surface area contributed by atoms with Crippen LogP contribution in [-0.2, 0) is 11.3 Å². The fraction of sp³-hybridized carbons (Fsp3) is 0.391. The third kappa shape index (κ3) is 4.32. The quantitative estimate of drug-likeness (QED) is 0.681. The van der Waals surface area contributed by atoms with Crippen LogP contribution in [0.2, 0.25) is 0 Å². The smallest absolute Gasteiger partial charge is 0.228 e. The number of hydrogen-bond donors (Lipinski definition) is 2. The Balaban J connectivity index is 1.36. The minimum absolute atomic E-state index is 0.0492. The predicted molar refractivity (Wildman–Crippen MR) is 115 cm³/mol. The molecule has 1 saturated carbocycles. The zero-order valence-corrected chi connectivity index (χ0v) is 16.8. The fourth-order valence-electron chi connectivity index (χ4n) is 3.90. The molecule has 0 spiro atoms. The van der Waals surface area contributed by atoms with Crippen LogP contribution in [0.4, 0.5) is 5.82 Å². The summed E-state index contributed by atoms with van der Waals surface area (Å²) in [5.41, 5.74) is 3.94. The average Bonchev–Trinajstić information content (AvgIpc) is 3.61. The summed E-state index contributed by atoms with van der Waals surface area (Å²) in [6.45, 7) is 2.65. The fourth-order valence-corrected chi connectivity index (χ4v) is 3.90. The van der Waals surface area contributed by atoms with Gasteiger partial charge in [0.2, 0.25) is 5.91 Å². The third-order valence-electron chi connectivity index (χ3n) is 5.86. The molecule has 30 heavy (non-hydrogen) atoms. The van der Waals surface area contributed by atoms with E-state index in [1.54, 1.807) is 6.20 Å². The van der Waals surface area contributed by atoms with Crippen molar-refractivity contribution in [1.29, 1.82) is 0 Å². The molecule has 0 atom stereocenters. The molecule has 0 bridgehead atoms. The molecule has 5 rings (SSSR count). The molecule has 2 fully saturated rings. The number of nitrogens with zero attached hydrogens (tertiary/aromatic N) is 4. The largest absolute Gasteiger partial charge is 0.393 e. The Bertz CT molecular complexity index is 1070. The lowest BCUT2D eigenvalue weighted by molar-refractivity contribution is -0.117. The van der Waals surface area contributed by atoms with Crippen LogP contribution in [0.25, 0.3) is 22.0 Å². The van der Waals surface area contributed by atoms with Gasteiger partial charge in [-0.1, -0.05) is 0 Å². The maximum absolute atomic E-state index is 12.0. The van der Waals surface area contributed by atoms with Gasteiger partial charge in [0.25, 0.3) is 0 Å². The summed E-state index contributed by atoms with van der Waals surface area (Å²) >= 11 is 0. The molecule has 3 aromatic heterocycles. The number of anilines is 1. The Morgan fingerprint density at radius 3 is 2.60 bits per heavy atom. The maximum Gasteiger partial charge on any atom is 0.228 e. The monoisotopic (exact) mass is 403 g/mol. The Morgan fingerprint density at radius 1 is 1.00 bits per heavy atom. The highest BCUT2D eigenvalue weighted by Gasteiger charge is 2.29. The molecule has 3 aromatic rings. The number of carbonyl (C=O) groups excluding carboxylic acids is 1. The number of aliphatic hydroxyl groups is 1. The van der Waals surface area contributed by atoms with E-state index in [0.29, 0.717) is 5.82 Å². The molecular weight excluding hydrogens is 378 g/mol. The molecule has 1 saturated heterocycles. The lowest BCUT2D eigenvalue weighted by atomic mass is 10.0. The molecule has 154 valence electrons. The van der Waals surface area contributed by atoms with Crippen molar-refractivity contribution in [2.45, 2.75) is 38.3 Å². The molecule has 2 aliphatic rings. The third-order valence-corrected chi connectivity index (χ3v) is 5.86. The highest BCUT2D eigenvalue weighted by atomic mass is 16.3. The second kappa shape index (κ2) is 8.08. The van der Waals surface area contributed by atoms with Gasteiger partial charge in [0.05, 0.1) is 17.8 Å². The van der Waals surface area contributed by atoms with E-state index in [-0.39, 0.29) is 17.9 Å². The predicted octanol–water partition coefficient (Wildman–Crippen LogP) is 3.00. The molecule has 0 aromatic carbocycles. The van der Waals surface area contributed by atoms with Crippen LogP contribution >= 0.6 is 0 Å². The second-order valence-electron chi connectivity index (χ2n) is 8.34. The molecule has 0 unspecified atom stereocenters. The van der Waals surface area contributed by atoms with Crippen LogP contribution < -0.4 is 5.32 Å². The van der Waals surface area contributed by atoms with Gasteiger partial charge in [0.15, 0.2) is 0 Å². The van der Waals surface area contributed by atoms with Gasteiger partial charge in [0.1, 0.15) is 5.82 Å². The lowest BCUT2D eigenvalue weighted by Crippen LogP contribution is -2.35. The van der Waals surface area contributed by atoms with Crippen molar-refractivity contribution in [3.63, 3.8) is 0 Å². The zero-order valence-electron chi connectivity index (χ0n) is 16.8. The molecule has 2 N–H and O–H groups in total. The van der Waals surface area contributed by atoms with Crippen LogP contribution in [0.5, 0.6) is 0 Å². The van der Waals surface area contributed by atoms with Crippen molar-refractivity contribution >= 4 is 22.6 Å². The van der Waals surface area contributed by atoms with Crippen molar-refractivity contribution in [3.8, 4) is 11.1 Å². The number of aliphatic hydroxyl groups excluding tert-OH is 1. The molecule has 4 heterocycles. The van der Waals surface area contributed by atoms with E-state index in [9.17, 15) is 9.90 Å². The first-order valence-corrected chi connectivity index (χ1v) is 10.6. The van der Waals surface area contributed by atoms with Crippen LogP contribution in [-0.4, -0.2) is 50.1 Å². The lowest BCUT2D eigenvalue weighted by Gasteiger charge is -2.29. The SMILES string of the molecule is O=C(Nc1cc2cc(-c3cncc(CN4CCC(O)CC4)c3)cnc2cn1)C1CC1.